The van der Waals surface area contributed by atoms with Crippen molar-refractivity contribution < 1.29 is 23.7 Å². The monoisotopic (exact) mass is 572 g/mol. The summed E-state index contributed by atoms with van der Waals surface area (Å²) >= 11 is 0. The number of aryl methyl sites for hydroxylation is 1. The summed E-state index contributed by atoms with van der Waals surface area (Å²) in [5.41, 5.74) is 1.91. The van der Waals surface area contributed by atoms with Crippen molar-refractivity contribution >= 4 is 11.0 Å². The van der Waals surface area contributed by atoms with E-state index in [1.807, 2.05) is 25.1 Å². The molecule has 8 heteroatoms. The maximum Gasteiger partial charge on any atom is 0.197 e. The third kappa shape index (κ3) is 7.43. The second kappa shape index (κ2) is 13.8. The SMILES string of the molecule is COc1ccc(-c2cc(=O)c3c(O)cc(OCCN4CCN(C)CC4)cc3o2)cc1OC(C)CCCc1ccccc1. The fourth-order valence-corrected chi connectivity index (χ4v) is 5.27. The van der Waals surface area contributed by atoms with Crippen LogP contribution in [0.1, 0.15) is 25.3 Å². The summed E-state index contributed by atoms with van der Waals surface area (Å²) in [6, 6.07) is 20.4. The number of likely N-dealkylation sites (N-methyl/N-ethyl adjacent to an activating group) is 1. The van der Waals surface area contributed by atoms with Gasteiger partial charge in [0.15, 0.2) is 16.9 Å². The summed E-state index contributed by atoms with van der Waals surface area (Å²) in [6.07, 6.45) is 2.83. The van der Waals surface area contributed by atoms with E-state index >= 15 is 0 Å². The molecule has 1 atom stereocenters. The first-order valence-corrected chi connectivity index (χ1v) is 14.6. The Kier molecular flexibility index (Phi) is 9.66. The van der Waals surface area contributed by atoms with Gasteiger partial charge >= 0.3 is 0 Å². The van der Waals surface area contributed by atoms with Crippen molar-refractivity contribution in [1.82, 2.24) is 9.80 Å². The van der Waals surface area contributed by atoms with Crippen LogP contribution in [0.5, 0.6) is 23.0 Å². The van der Waals surface area contributed by atoms with Gasteiger partial charge in [0, 0.05) is 56.5 Å². The molecule has 2 heterocycles. The Morgan fingerprint density at radius 2 is 1.76 bits per heavy atom. The number of phenols is 1. The molecule has 1 fully saturated rings. The molecule has 0 radical (unpaired) electrons. The number of aromatic hydroxyl groups is 1. The Balaban J connectivity index is 1.30. The fourth-order valence-electron chi connectivity index (χ4n) is 5.27. The third-order valence-corrected chi connectivity index (χ3v) is 7.75. The number of benzene rings is 3. The first-order chi connectivity index (χ1) is 20.4. The number of hydrogen-bond donors (Lipinski definition) is 1. The Labute approximate surface area is 247 Å². The van der Waals surface area contributed by atoms with E-state index in [0.717, 1.165) is 52.0 Å². The third-order valence-electron chi connectivity index (χ3n) is 7.75. The number of piperazine rings is 1. The van der Waals surface area contributed by atoms with Gasteiger partial charge in [-0.25, -0.2) is 0 Å². The lowest BCUT2D eigenvalue weighted by atomic mass is 10.1. The Bertz CT molecular complexity index is 1530. The van der Waals surface area contributed by atoms with Gasteiger partial charge in [0.2, 0.25) is 0 Å². The predicted octanol–water partition coefficient (Wildman–Crippen LogP) is 5.59. The standard InChI is InChI=1S/C34H40N2O6/c1-24(8-7-11-25-9-5-4-6-10-25)41-32-20-26(12-13-30(32)39-3)31-23-29(38)34-28(37)21-27(22-33(34)42-31)40-19-18-36-16-14-35(2)15-17-36/h4-6,9-10,12-13,20-24,37H,7-8,11,14-19H2,1-3H3. The number of hydrogen-bond acceptors (Lipinski definition) is 8. The summed E-state index contributed by atoms with van der Waals surface area (Å²) < 4.78 is 23.9. The lowest BCUT2D eigenvalue weighted by Gasteiger charge is -2.32. The maximum atomic E-state index is 13.0. The van der Waals surface area contributed by atoms with Crippen LogP contribution in [-0.2, 0) is 6.42 Å². The van der Waals surface area contributed by atoms with Crippen LogP contribution in [0.25, 0.3) is 22.3 Å². The van der Waals surface area contributed by atoms with Crippen LogP contribution in [0, 0.1) is 0 Å². The minimum Gasteiger partial charge on any atom is -0.507 e. The van der Waals surface area contributed by atoms with Gasteiger partial charge < -0.3 is 28.6 Å². The average molecular weight is 573 g/mol. The van der Waals surface area contributed by atoms with Crippen molar-refractivity contribution in [2.75, 3.05) is 53.5 Å². The number of ether oxygens (including phenoxy) is 3. The first-order valence-electron chi connectivity index (χ1n) is 14.6. The summed E-state index contributed by atoms with van der Waals surface area (Å²) in [6.45, 7) is 7.38. The minimum absolute atomic E-state index is 0.0380. The number of rotatable bonds is 12. The largest absolute Gasteiger partial charge is 0.507 e. The molecule has 0 bridgehead atoms. The molecule has 1 saturated heterocycles. The Hall–Kier alpha value is -4.01. The molecule has 222 valence electrons. The van der Waals surface area contributed by atoms with Crippen LogP contribution in [0.4, 0.5) is 0 Å². The highest BCUT2D eigenvalue weighted by molar-refractivity contribution is 5.86. The summed E-state index contributed by atoms with van der Waals surface area (Å²) in [5, 5.41) is 10.8. The van der Waals surface area contributed by atoms with E-state index in [9.17, 15) is 9.90 Å². The summed E-state index contributed by atoms with van der Waals surface area (Å²) in [4.78, 5) is 17.7. The summed E-state index contributed by atoms with van der Waals surface area (Å²) in [5.74, 6) is 1.84. The van der Waals surface area contributed by atoms with Gasteiger partial charge in [-0.15, -0.1) is 0 Å². The molecule has 1 aliphatic rings. The van der Waals surface area contributed by atoms with Crippen LogP contribution in [0.2, 0.25) is 0 Å². The molecule has 42 heavy (non-hydrogen) atoms. The zero-order valence-corrected chi connectivity index (χ0v) is 24.7. The van der Waals surface area contributed by atoms with E-state index in [4.69, 9.17) is 18.6 Å². The van der Waals surface area contributed by atoms with Crippen molar-refractivity contribution in [3.63, 3.8) is 0 Å². The molecule has 1 aromatic heterocycles. The van der Waals surface area contributed by atoms with E-state index in [-0.39, 0.29) is 28.3 Å². The van der Waals surface area contributed by atoms with E-state index in [1.54, 1.807) is 19.2 Å². The highest BCUT2D eigenvalue weighted by Crippen LogP contribution is 2.36. The van der Waals surface area contributed by atoms with Crippen molar-refractivity contribution in [2.45, 2.75) is 32.3 Å². The quantitative estimate of drug-likeness (QED) is 0.235. The Morgan fingerprint density at radius 3 is 2.52 bits per heavy atom. The molecule has 1 aliphatic heterocycles. The molecule has 0 spiro atoms. The van der Waals surface area contributed by atoms with Gasteiger partial charge in [-0.1, -0.05) is 30.3 Å². The highest BCUT2D eigenvalue weighted by Gasteiger charge is 2.17. The van der Waals surface area contributed by atoms with Gasteiger partial charge in [-0.05, 0) is 57.0 Å². The van der Waals surface area contributed by atoms with Crippen molar-refractivity contribution in [3.05, 3.63) is 82.5 Å². The van der Waals surface area contributed by atoms with E-state index < -0.39 is 0 Å². The molecule has 0 saturated carbocycles. The number of nitrogens with zero attached hydrogens (tertiary/aromatic N) is 2. The highest BCUT2D eigenvalue weighted by atomic mass is 16.5. The average Bonchev–Trinajstić information content (AvgIpc) is 2.98. The molecule has 5 rings (SSSR count). The number of fused-ring (bicyclic) bond motifs is 1. The predicted molar refractivity (Wildman–Crippen MR) is 165 cm³/mol. The molecule has 1 unspecified atom stereocenters. The van der Waals surface area contributed by atoms with Gasteiger partial charge in [0.05, 0.1) is 13.2 Å². The van der Waals surface area contributed by atoms with Gasteiger partial charge in [0.1, 0.15) is 34.8 Å². The van der Waals surface area contributed by atoms with Crippen LogP contribution in [0.3, 0.4) is 0 Å². The molecular formula is C34H40N2O6. The maximum absolute atomic E-state index is 13.0. The van der Waals surface area contributed by atoms with Gasteiger partial charge in [-0.2, -0.15) is 0 Å². The fraction of sp³-hybridized carbons (Fsp3) is 0.382. The van der Waals surface area contributed by atoms with Crippen LogP contribution >= 0.6 is 0 Å². The second-order valence-corrected chi connectivity index (χ2v) is 11.0. The molecule has 0 aliphatic carbocycles. The number of methoxy groups -OCH3 is 1. The summed E-state index contributed by atoms with van der Waals surface area (Å²) in [7, 11) is 3.73. The van der Waals surface area contributed by atoms with Crippen molar-refractivity contribution in [1.29, 1.82) is 0 Å². The second-order valence-electron chi connectivity index (χ2n) is 11.0. The Morgan fingerprint density at radius 1 is 0.976 bits per heavy atom. The van der Waals surface area contributed by atoms with Gasteiger partial charge in [-0.3, -0.25) is 9.69 Å². The first kappa shape index (κ1) is 29.5. The topological polar surface area (TPSA) is 84.6 Å². The van der Waals surface area contributed by atoms with Gasteiger partial charge in [0.25, 0.3) is 0 Å². The smallest absolute Gasteiger partial charge is 0.197 e. The van der Waals surface area contributed by atoms with E-state index in [1.165, 1.54) is 17.7 Å². The molecule has 8 nitrogen and oxygen atoms in total. The number of phenolic OH excluding ortho intramolecular Hbond substituents is 1. The minimum atomic E-state index is -0.333. The molecule has 3 aromatic carbocycles. The molecular weight excluding hydrogens is 532 g/mol. The molecule has 4 aromatic rings. The van der Waals surface area contributed by atoms with E-state index in [0.29, 0.717) is 35.2 Å². The molecule has 1 N–H and O–H groups in total. The lowest BCUT2D eigenvalue weighted by molar-refractivity contribution is 0.133. The molecule has 0 amide bonds. The lowest BCUT2D eigenvalue weighted by Crippen LogP contribution is -2.45. The zero-order valence-electron chi connectivity index (χ0n) is 24.7. The van der Waals surface area contributed by atoms with Crippen LogP contribution in [0.15, 0.2) is 75.9 Å². The van der Waals surface area contributed by atoms with Crippen molar-refractivity contribution in [3.8, 4) is 34.3 Å². The van der Waals surface area contributed by atoms with E-state index in [2.05, 4.69) is 41.1 Å². The van der Waals surface area contributed by atoms with Crippen molar-refractivity contribution in [2.24, 2.45) is 0 Å². The normalized spacial score (nSPS) is 15.0. The van der Waals surface area contributed by atoms with Crippen LogP contribution < -0.4 is 19.6 Å². The zero-order chi connectivity index (χ0) is 29.5. The van der Waals surface area contributed by atoms with Crippen LogP contribution in [-0.4, -0.2) is 74.5 Å².